The zero-order valence-corrected chi connectivity index (χ0v) is 10.8. The Balaban J connectivity index is 2.24. The lowest BCUT2D eigenvalue weighted by Gasteiger charge is -2.05. The van der Waals surface area contributed by atoms with Crippen LogP contribution in [-0.4, -0.2) is 21.8 Å². The van der Waals surface area contributed by atoms with Gasteiger partial charge in [-0.15, -0.1) is 0 Å². The van der Waals surface area contributed by atoms with Gasteiger partial charge in [-0.25, -0.2) is 0 Å². The molecule has 0 radical (unpaired) electrons. The molecule has 2 aromatic carbocycles. The second-order valence-corrected chi connectivity index (χ2v) is 5.19. The van der Waals surface area contributed by atoms with Gasteiger partial charge in [0.15, 0.2) is 11.1 Å². The van der Waals surface area contributed by atoms with Gasteiger partial charge in [0, 0.05) is 17.7 Å². The summed E-state index contributed by atoms with van der Waals surface area (Å²) in [6.07, 6.45) is 3.12. The predicted molar refractivity (Wildman–Crippen MR) is 73.7 cm³/mol. The lowest BCUT2D eigenvalue weighted by molar-refractivity contribution is -0.354. The Hall–Kier alpha value is -1.78. The summed E-state index contributed by atoms with van der Waals surface area (Å²) in [6.45, 7) is 0. The van der Waals surface area contributed by atoms with Gasteiger partial charge in [0.05, 0.1) is 0 Å². The lowest BCUT2D eigenvalue weighted by Crippen LogP contribution is -2.00. The molecule has 0 aliphatic carbocycles. The average Bonchev–Trinajstić information content (AvgIpc) is 2.40. The Morgan fingerprint density at radius 2 is 1.61 bits per heavy atom. The number of nitrogens with zero attached hydrogens (tertiary/aromatic N) is 1. The standard InChI is InChI=1S/C14H13NO2S/c1-18(17)14-9-7-13(8-10-14)15(16)11-12-5-3-2-4-6-12/h2-11H,1H3. The van der Waals surface area contributed by atoms with Crippen molar-refractivity contribution in [1.82, 2.24) is 0 Å². The smallest absolute Gasteiger partial charge is 0.216 e. The first-order chi connectivity index (χ1) is 8.66. The topological polar surface area (TPSA) is 49.1 Å². The maximum absolute atomic E-state index is 11.9. The van der Waals surface area contributed by atoms with Crippen molar-refractivity contribution < 1.29 is 9.29 Å². The molecule has 0 N–H and O–H groups in total. The van der Waals surface area contributed by atoms with E-state index in [1.807, 2.05) is 30.3 Å². The molecular formula is C14H13NO2S. The molecule has 0 amide bonds. The first-order valence-electron chi connectivity index (χ1n) is 5.46. The average molecular weight is 259 g/mol. The predicted octanol–water partition coefficient (Wildman–Crippen LogP) is 2.68. The molecule has 4 heteroatoms. The van der Waals surface area contributed by atoms with E-state index in [0.29, 0.717) is 10.6 Å². The van der Waals surface area contributed by atoms with Crippen molar-refractivity contribution in [2.24, 2.45) is 0 Å². The highest BCUT2D eigenvalue weighted by Gasteiger charge is 2.06. The minimum atomic E-state index is -1.02. The highest BCUT2D eigenvalue weighted by atomic mass is 32.2. The van der Waals surface area contributed by atoms with Crippen molar-refractivity contribution in [2.75, 3.05) is 6.26 Å². The van der Waals surface area contributed by atoms with Crippen LogP contribution in [0.4, 0.5) is 5.69 Å². The molecule has 1 atom stereocenters. The molecule has 0 aromatic heterocycles. The molecule has 1 unspecified atom stereocenters. The molecule has 0 spiro atoms. The Morgan fingerprint density at radius 3 is 2.17 bits per heavy atom. The molecule has 0 fully saturated rings. The summed E-state index contributed by atoms with van der Waals surface area (Å²) in [5.41, 5.74) is 1.36. The maximum Gasteiger partial charge on any atom is 0.216 e. The Labute approximate surface area is 109 Å². The van der Waals surface area contributed by atoms with Gasteiger partial charge in [0.25, 0.3) is 0 Å². The Bertz CT molecular complexity index is 535. The Kier molecular flexibility index (Phi) is 4.02. The third-order valence-corrected chi connectivity index (χ3v) is 3.43. The van der Waals surface area contributed by atoms with Gasteiger partial charge >= 0.3 is 0 Å². The normalized spacial score (nSPS) is 13.3. The van der Waals surface area contributed by atoms with Crippen molar-refractivity contribution >= 4 is 23.1 Å². The summed E-state index contributed by atoms with van der Waals surface area (Å²) < 4.78 is 12.0. The summed E-state index contributed by atoms with van der Waals surface area (Å²) in [7, 11) is 0. The minimum Gasteiger partial charge on any atom is -0.618 e. The van der Waals surface area contributed by atoms with E-state index in [1.165, 1.54) is 6.21 Å². The maximum atomic E-state index is 11.9. The monoisotopic (exact) mass is 259 g/mol. The fourth-order valence-electron chi connectivity index (χ4n) is 1.53. The largest absolute Gasteiger partial charge is 0.618 e. The van der Waals surface area contributed by atoms with E-state index in [9.17, 15) is 9.76 Å². The van der Waals surface area contributed by atoms with Crippen molar-refractivity contribution in [2.45, 2.75) is 4.90 Å². The molecule has 92 valence electrons. The minimum absolute atomic E-state index is 0.521. The third-order valence-electron chi connectivity index (χ3n) is 2.49. The van der Waals surface area contributed by atoms with Gasteiger partial charge in [0.2, 0.25) is 5.69 Å². The van der Waals surface area contributed by atoms with E-state index in [0.717, 1.165) is 10.3 Å². The summed E-state index contributed by atoms with van der Waals surface area (Å²) in [4.78, 5) is 0.715. The molecule has 3 nitrogen and oxygen atoms in total. The van der Waals surface area contributed by atoms with Crippen LogP contribution < -0.4 is 0 Å². The zero-order valence-electron chi connectivity index (χ0n) is 9.95. The fraction of sp³-hybridized carbons (Fsp3) is 0.0714. The number of benzene rings is 2. The zero-order chi connectivity index (χ0) is 13.0. The van der Waals surface area contributed by atoms with Crippen LogP contribution in [0.3, 0.4) is 0 Å². The summed E-state index contributed by atoms with van der Waals surface area (Å²) in [6, 6.07) is 16.1. The molecule has 0 bridgehead atoms. The molecule has 0 aliphatic heterocycles. The SMILES string of the molecule is C[S+]([O-])c1ccc([N+]([O-])=Cc2ccccc2)cc1. The molecule has 0 saturated carbocycles. The van der Waals surface area contributed by atoms with Crippen LogP contribution in [0, 0.1) is 5.21 Å². The van der Waals surface area contributed by atoms with E-state index in [1.54, 1.807) is 30.5 Å². The summed E-state index contributed by atoms with van der Waals surface area (Å²) in [5.74, 6) is 0. The van der Waals surface area contributed by atoms with Crippen LogP contribution in [0.25, 0.3) is 0 Å². The van der Waals surface area contributed by atoms with Crippen molar-refractivity contribution in [3.8, 4) is 0 Å². The van der Waals surface area contributed by atoms with Gasteiger partial charge in [-0.3, -0.25) is 0 Å². The van der Waals surface area contributed by atoms with E-state index in [4.69, 9.17) is 0 Å². The third kappa shape index (κ3) is 3.12. The van der Waals surface area contributed by atoms with Crippen molar-refractivity contribution in [3.05, 3.63) is 65.4 Å². The van der Waals surface area contributed by atoms with Crippen molar-refractivity contribution in [1.29, 1.82) is 0 Å². The first kappa shape index (κ1) is 12.7. The van der Waals surface area contributed by atoms with Gasteiger partial charge in [0.1, 0.15) is 6.26 Å². The molecule has 2 aromatic rings. The van der Waals surface area contributed by atoms with E-state index in [-0.39, 0.29) is 0 Å². The van der Waals surface area contributed by atoms with Crippen molar-refractivity contribution in [3.63, 3.8) is 0 Å². The fourth-order valence-corrected chi connectivity index (χ4v) is 2.05. The molecule has 18 heavy (non-hydrogen) atoms. The molecule has 0 aliphatic rings. The quantitative estimate of drug-likeness (QED) is 0.280. The number of hydrogen-bond donors (Lipinski definition) is 0. The molecule has 0 heterocycles. The molecular weight excluding hydrogens is 246 g/mol. The number of rotatable bonds is 3. The van der Waals surface area contributed by atoms with Crippen LogP contribution in [0.15, 0.2) is 59.5 Å². The second-order valence-electron chi connectivity index (χ2n) is 3.81. The van der Waals surface area contributed by atoms with Gasteiger partial charge in [-0.1, -0.05) is 18.2 Å². The molecule has 2 rings (SSSR count). The van der Waals surface area contributed by atoms with Gasteiger partial charge < -0.3 is 9.76 Å². The Morgan fingerprint density at radius 1 is 1.00 bits per heavy atom. The molecule has 0 saturated heterocycles. The first-order valence-corrected chi connectivity index (χ1v) is 7.02. The van der Waals surface area contributed by atoms with Gasteiger partial charge in [-0.05, 0) is 35.4 Å². The number of hydrogen-bond acceptors (Lipinski definition) is 2. The second kappa shape index (κ2) is 5.71. The highest BCUT2D eigenvalue weighted by molar-refractivity contribution is 7.90. The van der Waals surface area contributed by atoms with Crippen LogP contribution >= 0.6 is 0 Å². The van der Waals surface area contributed by atoms with E-state index >= 15 is 0 Å². The van der Waals surface area contributed by atoms with E-state index in [2.05, 4.69) is 0 Å². The lowest BCUT2D eigenvalue weighted by atomic mass is 10.2. The summed E-state index contributed by atoms with van der Waals surface area (Å²) >= 11 is -1.02. The van der Waals surface area contributed by atoms with Crippen LogP contribution in [0.5, 0.6) is 0 Å². The van der Waals surface area contributed by atoms with Crippen LogP contribution in [-0.2, 0) is 11.2 Å². The van der Waals surface area contributed by atoms with Gasteiger partial charge in [-0.2, -0.15) is 4.74 Å². The van der Waals surface area contributed by atoms with Crippen LogP contribution in [0.2, 0.25) is 0 Å². The highest BCUT2D eigenvalue weighted by Crippen LogP contribution is 2.15. The van der Waals surface area contributed by atoms with Crippen LogP contribution in [0.1, 0.15) is 5.56 Å². The van der Waals surface area contributed by atoms with E-state index < -0.39 is 11.2 Å². The summed E-state index contributed by atoms with van der Waals surface area (Å²) in [5, 5.41) is 11.9.